The molecule has 3 heterocycles. The fraction of sp³-hybridized carbons (Fsp3) is 0.136. The van der Waals surface area contributed by atoms with Crippen molar-refractivity contribution in [2.24, 2.45) is 0 Å². The van der Waals surface area contributed by atoms with E-state index in [1.807, 2.05) is 36.4 Å². The number of nitrogens with zero attached hydrogens (tertiary/aromatic N) is 3. The van der Waals surface area contributed by atoms with Crippen LogP contribution in [0.25, 0.3) is 83.7 Å². The Morgan fingerprint density at radius 3 is 1.92 bits per heavy atom. The first-order valence-electron chi connectivity index (χ1n) is 17.0. The lowest BCUT2D eigenvalue weighted by molar-refractivity contribution is 0.620. The maximum absolute atomic E-state index is 6.84. The summed E-state index contributed by atoms with van der Waals surface area (Å²) in [4.78, 5) is 10.3. The average molecular weight is 638 g/mol. The molecule has 0 saturated heterocycles. The Balaban J connectivity index is 1.33. The number of fused-ring (bicyclic) bond motifs is 6. The van der Waals surface area contributed by atoms with Gasteiger partial charge < -0.3 is 8.83 Å². The second-order valence-electron chi connectivity index (χ2n) is 13.4. The van der Waals surface area contributed by atoms with E-state index in [1.54, 1.807) is 0 Å². The van der Waals surface area contributed by atoms with Crippen LogP contribution in [0.3, 0.4) is 0 Å². The van der Waals surface area contributed by atoms with Crippen molar-refractivity contribution < 1.29 is 8.83 Å². The van der Waals surface area contributed by atoms with Crippen LogP contribution in [-0.2, 0) is 0 Å². The van der Waals surface area contributed by atoms with Crippen molar-refractivity contribution in [2.75, 3.05) is 0 Å². The Morgan fingerprint density at radius 1 is 0.551 bits per heavy atom. The van der Waals surface area contributed by atoms with Gasteiger partial charge in [-0.3, -0.25) is 4.57 Å². The predicted octanol–water partition coefficient (Wildman–Crippen LogP) is 12.3. The predicted molar refractivity (Wildman–Crippen MR) is 200 cm³/mol. The van der Waals surface area contributed by atoms with E-state index in [9.17, 15) is 0 Å². The van der Waals surface area contributed by atoms with Gasteiger partial charge in [-0.2, -0.15) is 0 Å². The van der Waals surface area contributed by atoms with E-state index in [0.29, 0.717) is 22.6 Å². The fourth-order valence-corrected chi connectivity index (χ4v) is 7.18. The number of rotatable bonds is 6. The summed E-state index contributed by atoms with van der Waals surface area (Å²) in [6.07, 6.45) is 0. The zero-order chi connectivity index (χ0) is 33.2. The first kappa shape index (κ1) is 29.2. The summed E-state index contributed by atoms with van der Waals surface area (Å²) >= 11 is 0. The third kappa shape index (κ3) is 4.68. The van der Waals surface area contributed by atoms with Gasteiger partial charge in [-0.1, -0.05) is 100 Å². The highest BCUT2D eigenvalue weighted by Gasteiger charge is 2.26. The molecule has 0 bridgehead atoms. The summed E-state index contributed by atoms with van der Waals surface area (Å²) in [5.74, 6) is 1.97. The molecule has 0 atom stereocenters. The van der Waals surface area contributed by atoms with Crippen LogP contribution in [0.15, 0.2) is 136 Å². The molecule has 5 heteroatoms. The number of hydrogen-bond acceptors (Lipinski definition) is 4. The van der Waals surface area contributed by atoms with Gasteiger partial charge in [0.1, 0.15) is 11.4 Å². The van der Waals surface area contributed by atoms with E-state index in [2.05, 4.69) is 123 Å². The minimum absolute atomic E-state index is 0.270. The Kier molecular flexibility index (Phi) is 6.76. The molecule has 0 fully saturated rings. The van der Waals surface area contributed by atoms with Crippen molar-refractivity contribution in [3.05, 3.63) is 139 Å². The molecule has 0 saturated carbocycles. The molecule has 6 aromatic carbocycles. The van der Waals surface area contributed by atoms with Crippen LogP contribution in [0.1, 0.15) is 50.7 Å². The number of para-hydroxylation sites is 3. The zero-order valence-electron chi connectivity index (χ0n) is 27.9. The van der Waals surface area contributed by atoms with E-state index in [-0.39, 0.29) is 11.8 Å². The van der Waals surface area contributed by atoms with Crippen molar-refractivity contribution in [1.29, 1.82) is 0 Å². The smallest absolute Gasteiger partial charge is 0.227 e. The van der Waals surface area contributed by atoms with Gasteiger partial charge in [-0.15, -0.1) is 0 Å². The Hall–Kier alpha value is -5.94. The molecule has 0 aliphatic heterocycles. The molecular weight excluding hydrogens is 603 g/mol. The topological polar surface area (TPSA) is 57.0 Å². The Labute approximate surface area is 284 Å². The van der Waals surface area contributed by atoms with Gasteiger partial charge >= 0.3 is 0 Å². The normalized spacial score (nSPS) is 12.0. The monoisotopic (exact) mass is 637 g/mol. The molecule has 9 aromatic rings. The van der Waals surface area contributed by atoms with E-state index >= 15 is 0 Å². The van der Waals surface area contributed by atoms with Crippen molar-refractivity contribution in [1.82, 2.24) is 14.5 Å². The minimum Gasteiger partial charge on any atom is -0.453 e. The zero-order valence-corrected chi connectivity index (χ0v) is 27.9. The van der Waals surface area contributed by atoms with E-state index in [1.165, 1.54) is 27.9 Å². The molecule has 0 spiro atoms. The molecule has 9 rings (SSSR count). The van der Waals surface area contributed by atoms with Crippen LogP contribution < -0.4 is 0 Å². The van der Waals surface area contributed by atoms with Crippen LogP contribution in [0, 0.1) is 0 Å². The van der Waals surface area contributed by atoms with Crippen LogP contribution in [0.2, 0.25) is 0 Å². The highest BCUT2D eigenvalue weighted by Crippen LogP contribution is 2.43. The van der Waals surface area contributed by atoms with Crippen LogP contribution in [-0.4, -0.2) is 14.5 Å². The molecule has 0 N–H and O–H groups in total. The highest BCUT2D eigenvalue weighted by molar-refractivity contribution is 6.15. The SMILES string of the molecule is CC(C)c1cc(-c2ccccc2)cc(C(C)C)c1-n1c(-c2cccc3c2oc2c3ccc3oc(-c4ccccc4)nc32)nc2ccccc21. The van der Waals surface area contributed by atoms with E-state index < -0.39 is 0 Å². The van der Waals surface area contributed by atoms with Gasteiger partial charge in [0.15, 0.2) is 16.7 Å². The minimum atomic E-state index is 0.270. The highest BCUT2D eigenvalue weighted by atomic mass is 16.4. The molecule has 0 unspecified atom stereocenters. The van der Waals surface area contributed by atoms with Gasteiger partial charge in [-0.25, -0.2) is 9.97 Å². The third-order valence-corrected chi connectivity index (χ3v) is 9.59. The quantitative estimate of drug-likeness (QED) is 0.182. The summed E-state index contributed by atoms with van der Waals surface area (Å²) in [6.45, 7) is 9.12. The molecule has 238 valence electrons. The molecule has 3 aromatic heterocycles. The summed E-state index contributed by atoms with van der Waals surface area (Å²) in [6, 6.07) is 44.2. The van der Waals surface area contributed by atoms with Crippen molar-refractivity contribution >= 4 is 44.1 Å². The summed E-state index contributed by atoms with van der Waals surface area (Å²) in [5.41, 5.74) is 13.0. The maximum atomic E-state index is 6.84. The Morgan fingerprint density at radius 2 is 1.20 bits per heavy atom. The number of oxazole rings is 1. The first-order valence-corrected chi connectivity index (χ1v) is 17.0. The lowest BCUT2D eigenvalue weighted by atomic mass is 9.88. The largest absolute Gasteiger partial charge is 0.453 e. The second-order valence-corrected chi connectivity index (χ2v) is 13.4. The average Bonchev–Trinajstić information content (AvgIpc) is 3.85. The molecule has 0 amide bonds. The lowest BCUT2D eigenvalue weighted by Gasteiger charge is -2.24. The number of benzene rings is 6. The van der Waals surface area contributed by atoms with Crippen molar-refractivity contribution in [3.8, 4) is 39.7 Å². The molecule has 5 nitrogen and oxygen atoms in total. The molecule has 0 aliphatic carbocycles. The summed E-state index contributed by atoms with van der Waals surface area (Å²) in [5, 5.41) is 2.02. The molecular formula is C44H35N3O2. The third-order valence-electron chi connectivity index (χ3n) is 9.59. The fourth-order valence-electron chi connectivity index (χ4n) is 7.18. The summed E-state index contributed by atoms with van der Waals surface area (Å²) in [7, 11) is 0. The van der Waals surface area contributed by atoms with E-state index in [4.69, 9.17) is 18.8 Å². The van der Waals surface area contributed by atoms with Gasteiger partial charge in [0, 0.05) is 16.3 Å². The van der Waals surface area contributed by atoms with Crippen LogP contribution >= 0.6 is 0 Å². The number of hydrogen-bond donors (Lipinski definition) is 0. The number of furan rings is 1. The van der Waals surface area contributed by atoms with Crippen LogP contribution in [0.4, 0.5) is 0 Å². The molecule has 0 aliphatic rings. The second kappa shape index (κ2) is 11.3. The van der Waals surface area contributed by atoms with Gasteiger partial charge in [-0.05, 0) is 88.7 Å². The van der Waals surface area contributed by atoms with Crippen molar-refractivity contribution in [3.63, 3.8) is 0 Å². The standard InChI is InChI=1S/C44H35N3O2/c1-26(2)34-24-30(28-14-7-5-8-15-28)25-35(27(3)4)40(34)47-37-21-12-11-20-36(37)45-43(47)33-19-13-18-31-32-22-23-38-39(42(32)49-41(31)33)46-44(48-38)29-16-9-6-10-17-29/h5-27H,1-4H3. The first-order chi connectivity index (χ1) is 24.0. The van der Waals surface area contributed by atoms with Crippen molar-refractivity contribution in [2.45, 2.75) is 39.5 Å². The van der Waals surface area contributed by atoms with Gasteiger partial charge in [0.05, 0.1) is 22.3 Å². The number of imidazole rings is 1. The maximum Gasteiger partial charge on any atom is 0.227 e. The van der Waals surface area contributed by atoms with Gasteiger partial charge in [0.25, 0.3) is 0 Å². The Bertz CT molecular complexity index is 2630. The lowest BCUT2D eigenvalue weighted by Crippen LogP contribution is -2.09. The molecule has 0 radical (unpaired) electrons. The summed E-state index contributed by atoms with van der Waals surface area (Å²) < 4.78 is 15.4. The van der Waals surface area contributed by atoms with E-state index in [0.717, 1.165) is 44.3 Å². The molecule has 49 heavy (non-hydrogen) atoms. The van der Waals surface area contributed by atoms with Crippen LogP contribution in [0.5, 0.6) is 0 Å². The van der Waals surface area contributed by atoms with Gasteiger partial charge in [0.2, 0.25) is 5.89 Å². The number of aromatic nitrogens is 3.